The van der Waals surface area contributed by atoms with E-state index in [9.17, 15) is 18.1 Å². The number of hydrogen-bond donors (Lipinski definition) is 0. The van der Waals surface area contributed by atoms with E-state index in [1.807, 2.05) is 0 Å². The molecule has 8 heteroatoms. The Labute approximate surface area is 102 Å². The van der Waals surface area contributed by atoms with Crippen molar-refractivity contribution in [3.05, 3.63) is 23.2 Å². The number of nitrogens with zero attached hydrogens (tertiary/aromatic N) is 2. The quantitative estimate of drug-likeness (QED) is 0.288. The van der Waals surface area contributed by atoms with Crippen molar-refractivity contribution in [2.75, 3.05) is 0 Å². The van der Waals surface area contributed by atoms with E-state index in [0.29, 0.717) is 6.07 Å². The van der Waals surface area contributed by atoms with Gasteiger partial charge in [-0.25, -0.2) is 8.42 Å². The first-order valence-corrected chi connectivity index (χ1v) is 4.48. The molecule has 0 aliphatic carbocycles. The number of hydrogen-bond acceptors (Lipinski definition) is 5. The molecule has 0 saturated heterocycles. The van der Waals surface area contributed by atoms with E-state index in [0.717, 1.165) is 12.1 Å². The third kappa shape index (κ3) is 2.94. The van der Waals surface area contributed by atoms with Crippen LogP contribution in [-0.2, 0) is 10.1 Å². The SMILES string of the molecule is N#[N+]c1cc(S(=O)(=O)[O-])ccc1[O-].[Na+]. The summed E-state index contributed by atoms with van der Waals surface area (Å²) < 4.78 is 31.3. The molecule has 0 fully saturated rings. The first-order chi connectivity index (χ1) is 5.95. The van der Waals surface area contributed by atoms with E-state index >= 15 is 0 Å². The molecule has 0 heterocycles. The van der Waals surface area contributed by atoms with Crippen molar-refractivity contribution in [1.82, 2.24) is 0 Å². The van der Waals surface area contributed by atoms with E-state index < -0.39 is 26.5 Å². The molecular formula is C6H3N2NaO4S. The van der Waals surface area contributed by atoms with Crippen LogP contribution in [0.1, 0.15) is 0 Å². The van der Waals surface area contributed by atoms with Gasteiger partial charge in [-0.05, 0) is 11.8 Å². The van der Waals surface area contributed by atoms with Gasteiger partial charge in [0.15, 0.2) is 4.98 Å². The summed E-state index contributed by atoms with van der Waals surface area (Å²) in [6, 6.07) is 2.42. The van der Waals surface area contributed by atoms with Crippen LogP contribution in [0.5, 0.6) is 5.75 Å². The van der Waals surface area contributed by atoms with Crippen LogP contribution in [0.4, 0.5) is 5.69 Å². The van der Waals surface area contributed by atoms with Crippen LogP contribution in [0.25, 0.3) is 4.98 Å². The third-order valence-electron chi connectivity index (χ3n) is 1.33. The Morgan fingerprint density at radius 1 is 1.36 bits per heavy atom. The van der Waals surface area contributed by atoms with Crippen LogP contribution < -0.4 is 34.7 Å². The standard InChI is InChI=1S/C6H4N2O4S.Na/c7-8-5-3-4(13(10,11)12)1-2-6(5)9;/h1-3H,(H-,9,10,11,12);/q;+1/p-1. The molecule has 1 aromatic rings. The molecule has 0 atom stereocenters. The normalized spacial score (nSPS) is 10.0. The van der Waals surface area contributed by atoms with Crippen molar-refractivity contribution >= 4 is 15.8 Å². The molecule has 0 bridgehead atoms. The largest absolute Gasteiger partial charge is 1.00 e. The smallest absolute Gasteiger partial charge is 0.867 e. The van der Waals surface area contributed by atoms with E-state index in [4.69, 9.17) is 5.39 Å². The Morgan fingerprint density at radius 2 is 1.93 bits per heavy atom. The van der Waals surface area contributed by atoms with Gasteiger partial charge in [-0.1, -0.05) is 6.07 Å². The number of rotatable bonds is 1. The van der Waals surface area contributed by atoms with E-state index in [2.05, 4.69) is 4.98 Å². The molecule has 1 rings (SSSR count). The van der Waals surface area contributed by atoms with E-state index in [-0.39, 0.29) is 29.6 Å². The monoisotopic (exact) mass is 222 g/mol. The summed E-state index contributed by atoms with van der Waals surface area (Å²) in [5.74, 6) is -0.658. The molecule has 6 nitrogen and oxygen atoms in total. The van der Waals surface area contributed by atoms with Gasteiger partial charge >= 0.3 is 35.2 Å². The second-order valence-corrected chi connectivity index (χ2v) is 3.56. The Hall–Kier alpha value is -0.650. The topological polar surface area (TPSA) is 108 Å². The predicted molar refractivity (Wildman–Crippen MR) is 38.6 cm³/mol. The number of benzene rings is 1. The maximum absolute atomic E-state index is 10.8. The summed E-state index contributed by atoms with van der Waals surface area (Å²) in [5.41, 5.74) is -0.475. The molecular weight excluding hydrogens is 219 g/mol. The minimum Gasteiger partial charge on any atom is -0.867 e. The maximum atomic E-state index is 10.8. The molecule has 14 heavy (non-hydrogen) atoms. The summed E-state index contributed by atoms with van der Waals surface area (Å²) in [4.78, 5) is 1.93. The van der Waals surface area contributed by atoms with Crippen LogP contribution in [0.15, 0.2) is 23.1 Å². The fraction of sp³-hybridized carbons (Fsp3) is 0. The maximum Gasteiger partial charge on any atom is 1.00 e. The number of diazo groups is 1. The second kappa shape index (κ2) is 4.72. The van der Waals surface area contributed by atoms with Crippen molar-refractivity contribution in [3.8, 4) is 5.75 Å². The summed E-state index contributed by atoms with van der Waals surface area (Å²) in [7, 11) is -4.61. The minimum absolute atomic E-state index is 0. The Kier molecular flexibility index (Phi) is 4.51. The van der Waals surface area contributed by atoms with Gasteiger partial charge in [0.25, 0.3) is 0 Å². The zero-order chi connectivity index (χ0) is 10.1. The van der Waals surface area contributed by atoms with Crippen molar-refractivity contribution in [3.63, 3.8) is 0 Å². The van der Waals surface area contributed by atoms with Gasteiger partial charge < -0.3 is 9.66 Å². The van der Waals surface area contributed by atoms with Crippen LogP contribution in [0.2, 0.25) is 0 Å². The zero-order valence-electron chi connectivity index (χ0n) is 7.17. The fourth-order valence-electron chi connectivity index (χ4n) is 0.731. The summed E-state index contributed by atoms with van der Waals surface area (Å²) in [6.45, 7) is 0. The van der Waals surface area contributed by atoms with Crippen molar-refractivity contribution in [2.24, 2.45) is 0 Å². The van der Waals surface area contributed by atoms with Crippen LogP contribution in [0.3, 0.4) is 0 Å². The van der Waals surface area contributed by atoms with Gasteiger partial charge in [-0.15, -0.1) is 0 Å². The molecule has 0 N–H and O–H groups in total. The van der Waals surface area contributed by atoms with Gasteiger partial charge in [0, 0.05) is 0 Å². The van der Waals surface area contributed by atoms with Gasteiger partial charge in [-0.2, -0.15) is 0 Å². The Balaban J connectivity index is 0.00000169. The van der Waals surface area contributed by atoms with Crippen LogP contribution in [0, 0.1) is 5.39 Å². The minimum atomic E-state index is -4.61. The van der Waals surface area contributed by atoms with Crippen LogP contribution in [-0.4, -0.2) is 13.0 Å². The van der Waals surface area contributed by atoms with Gasteiger partial charge in [-0.3, -0.25) is 0 Å². The molecule has 68 valence electrons. The van der Waals surface area contributed by atoms with Crippen LogP contribution >= 0.6 is 0 Å². The first kappa shape index (κ1) is 13.4. The molecule has 0 unspecified atom stereocenters. The van der Waals surface area contributed by atoms with E-state index in [1.54, 1.807) is 0 Å². The molecule has 0 aromatic heterocycles. The first-order valence-electron chi connectivity index (χ1n) is 3.07. The second-order valence-electron chi connectivity index (χ2n) is 2.18. The van der Waals surface area contributed by atoms with E-state index in [1.165, 1.54) is 0 Å². The van der Waals surface area contributed by atoms with Crippen molar-refractivity contribution < 1.29 is 47.6 Å². The molecule has 0 amide bonds. The average molecular weight is 222 g/mol. The molecule has 0 aliphatic heterocycles. The molecule has 0 aliphatic rings. The average Bonchev–Trinajstić information content (AvgIpc) is 2.03. The zero-order valence-corrected chi connectivity index (χ0v) is 9.98. The third-order valence-corrected chi connectivity index (χ3v) is 2.16. The summed E-state index contributed by atoms with van der Waals surface area (Å²) in [6.07, 6.45) is 0. The molecule has 0 spiro atoms. The molecule has 0 saturated carbocycles. The van der Waals surface area contributed by atoms with Gasteiger partial charge in [0.05, 0.1) is 11.0 Å². The summed E-state index contributed by atoms with van der Waals surface area (Å²) >= 11 is 0. The fourth-order valence-corrected chi connectivity index (χ4v) is 1.22. The Bertz CT molecular complexity index is 479. The summed E-state index contributed by atoms with van der Waals surface area (Å²) in [5, 5.41) is 19.0. The van der Waals surface area contributed by atoms with Gasteiger partial charge in [0.2, 0.25) is 5.39 Å². The molecule has 0 radical (unpaired) electrons. The van der Waals surface area contributed by atoms with Crippen molar-refractivity contribution in [1.29, 1.82) is 5.39 Å². The predicted octanol–water partition coefficient (Wildman–Crippen LogP) is -2.85. The van der Waals surface area contributed by atoms with Crippen molar-refractivity contribution in [2.45, 2.75) is 4.90 Å². The van der Waals surface area contributed by atoms with Gasteiger partial charge in [0.1, 0.15) is 10.1 Å². The molecule has 1 aromatic carbocycles. The Morgan fingerprint density at radius 3 is 2.36 bits per heavy atom.